The van der Waals surface area contributed by atoms with Crippen LogP contribution in [0.15, 0.2) is 12.1 Å². The van der Waals surface area contributed by atoms with E-state index < -0.39 is 11.1 Å². The average molecular weight is 235 g/mol. The van der Waals surface area contributed by atoms with Gasteiger partial charge >= 0.3 is 6.18 Å². The van der Waals surface area contributed by atoms with Crippen molar-refractivity contribution in [3.05, 3.63) is 21.9 Å². The molecule has 1 aliphatic heterocycles. The van der Waals surface area contributed by atoms with Gasteiger partial charge in [0.2, 0.25) is 0 Å². The summed E-state index contributed by atoms with van der Waals surface area (Å²) in [5.41, 5.74) is 0. The molecule has 1 aromatic heterocycles. The number of piperidine rings is 1. The molecule has 0 radical (unpaired) electrons. The zero-order valence-corrected chi connectivity index (χ0v) is 8.92. The van der Waals surface area contributed by atoms with Crippen LogP contribution in [0.5, 0.6) is 0 Å². The lowest BCUT2D eigenvalue weighted by molar-refractivity contribution is -0.134. The van der Waals surface area contributed by atoms with Crippen molar-refractivity contribution in [2.45, 2.75) is 31.5 Å². The predicted molar refractivity (Wildman–Crippen MR) is 53.9 cm³/mol. The second kappa shape index (κ2) is 4.14. The second-order valence-electron chi connectivity index (χ2n) is 3.70. The van der Waals surface area contributed by atoms with Gasteiger partial charge in [0.25, 0.3) is 0 Å². The molecule has 1 aliphatic rings. The Kier molecular flexibility index (Phi) is 3.02. The molecular weight excluding hydrogens is 223 g/mol. The van der Waals surface area contributed by atoms with Crippen LogP contribution < -0.4 is 5.32 Å². The molecule has 84 valence electrons. The highest BCUT2D eigenvalue weighted by molar-refractivity contribution is 7.12. The van der Waals surface area contributed by atoms with E-state index in [0.717, 1.165) is 42.0 Å². The van der Waals surface area contributed by atoms with Gasteiger partial charge in [-0.15, -0.1) is 11.3 Å². The number of nitrogens with one attached hydrogen (secondary N) is 1. The molecule has 0 bridgehead atoms. The minimum absolute atomic E-state index is 0.125. The predicted octanol–water partition coefficient (Wildman–Crippen LogP) is 3.58. The van der Waals surface area contributed by atoms with E-state index in [4.69, 9.17) is 0 Å². The third kappa shape index (κ3) is 2.52. The van der Waals surface area contributed by atoms with Crippen molar-refractivity contribution in [2.24, 2.45) is 0 Å². The summed E-state index contributed by atoms with van der Waals surface area (Å²) in [6.07, 6.45) is -1.04. The van der Waals surface area contributed by atoms with Gasteiger partial charge in [-0.05, 0) is 31.5 Å². The zero-order chi connectivity index (χ0) is 10.9. The number of thiophene rings is 1. The zero-order valence-electron chi connectivity index (χ0n) is 8.10. The van der Waals surface area contributed by atoms with E-state index in [1.54, 1.807) is 6.07 Å². The summed E-state index contributed by atoms with van der Waals surface area (Å²) in [6.45, 7) is 0.907. The van der Waals surface area contributed by atoms with Crippen LogP contribution in [0.25, 0.3) is 0 Å². The Morgan fingerprint density at radius 1 is 1.27 bits per heavy atom. The molecule has 0 aromatic carbocycles. The quantitative estimate of drug-likeness (QED) is 0.784. The van der Waals surface area contributed by atoms with E-state index >= 15 is 0 Å². The van der Waals surface area contributed by atoms with E-state index in [0.29, 0.717) is 0 Å². The van der Waals surface area contributed by atoms with E-state index in [2.05, 4.69) is 5.32 Å². The van der Waals surface area contributed by atoms with Gasteiger partial charge < -0.3 is 5.32 Å². The highest BCUT2D eigenvalue weighted by Gasteiger charge is 2.33. The van der Waals surface area contributed by atoms with Crippen LogP contribution in [0.3, 0.4) is 0 Å². The van der Waals surface area contributed by atoms with Crippen molar-refractivity contribution in [1.29, 1.82) is 0 Å². The average Bonchev–Trinajstić information content (AvgIpc) is 2.67. The number of halogens is 3. The Morgan fingerprint density at radius 2 is 2.07 bits per heavy atom. The maximum Gasteiger partial charge on any atom is 0.425 e. The number of hydrogen-bond donors (Lipinski definition) is 1. The largest absolute Gasteiger partial charge is 0.425 e. The highest BCUT2D eigenvalue weighted by Crippen LogP contribution is 2.37. The molecule has 1 aromatic rings. The molecule has 0 amide bonds. The fourth-order valence-corrected chi connectivity index (χ4v) is 2.77. The molecule has 1 N–H and O–H groups in total. The summed E-state index contributed by atoms with van der Waals surface area (Å²) >= 11 is 0.859. The second-order valence-corrected chi connectivity index (χ2v) is 4.82. The van der Waals surface area contributed by atoms with Gasteiger partial charge in [0.05, 0.1) is 0 Å². The number of rotatable bonds is 1. The lowest BCUT2D eigenvalue weighted by Gasteiger charge is -2.22. The summed E-state index contributed by atoms with van der Waals surface area (Å²) in [5, 5.41) is 3.24. The first kappa shape index (κ1) is 11.0. The first-order valence-electron chi connectivity index (χ1n) is 4.98. The Morgan fingerprint density at radius 3 is 2.60 bits per heavy atom. The van der Waals surface area contributed by atoms with Gasteiger partial charge in [-0.1, -0.05) is 6.42 Å². The maximum atomic E-state index is 12.4. The molecule has 1 saturated heterocycles. The standard InChI is InChI=1S/C10H12F3NS/c11-10(12,13)9-5-4-8(15-9)7-3-1-2-6-14-7/h4-5,7,14H,1-3,6H2. The van der Waals surface area contributed by atoms with Crippen LogP contribution in [0.2, 0.25) is 0 Å². The fraction of sp³-hybridized carbons (Fsp3) is 0.600. The molecule has 1 atom stereocenters. The molecular formula is C10H12F3NS. The van der Waals surface area contributed by atoms with Gasteiger partial charge in [0, 0.05) is 10.9 Å². The Balaban J connectivity index is 2.12. The Bertz CT molecular complexity index is 326. The number of hydrogen-bond acceptors (Lipinski definition) is 2. The van der Waals surface area contributed by atoms with Crippen LogP contribution in [0.1, 0.15) is 35.1 Å². The minimum atomic E-state index is -4.20. The molecule has 2 heterocycles. The number of alkyl halides is 3. The normalized spacial score (nSPS) is 23.0. The summed E-state index contributed by atoms with van der Waals surface area (Å²) in [4.78, 5) is 0.312. The topological polar surface area (TPSA) is 12.0 Å². The van der Waals surface area contributed by atoms with Crippen LogP contribution in [-0.4, -0.2) is 6.54 Å². The van der Waals surface area contributed by atoms with Crippen LogP contribution >= 0.6 is 11.3 Å². The molecule has 1 unspecified atom stereocenters. The summed E-state index contributed by atoms with van der Waals surface area (Å²) in [5.74, 6) is 0. The molecule has 5 heteroatoms. The van der Waals surface area contributed by atoms with Gasteiger partial charge in [0.1, 0.15) is 4.88 Å². The Labute approximate surface area is 90.3 Å². The van der Waals surface area contributed by atoms with Crippen molar-refractivity contribution in [1.82, 2.24) is 5.32 Å². The molecule has 0 saturated carbocycles. The molecule has 0 aliphatic carbocycles. The van der Waals surface area contributed by atoms with E-state index in [1.807, 2.05) is 0 Å². The van der Waals surface area contributed by atoms with Crippen LogP contribution in [-0.2, 0) is 6.18 Å². The minimum Gasteiger partial charge on any atom is -0.309 e. The van der Waals surface area contributed by atoms with Gasteiger partial charge in [0.15, 0.2) is 0 Å². The molecule has 1 fully saturated rings. The summed E-state index contributed by atoms with van der Waals surface area (Å²) in [7, 11) is 0. The van der Waals surface area contributed by atoms with Crippen molar-refractivity contribution in [3.8, 4) is 0 Å². The van der Waals surface area contributed by atoms with Crippen molar-refractivity contribution < 1.29 is 13.2 Å². The summed E-state index contributed by atoms with van der Waals surface area (Å²) in [6, 6.07) is 2.90. The smallest absolute Gasteiger partial charge is 0.309 e. The third-order valence-electron chi connectivity index (χ3n) is 2.56. The first-order valence-corrected chi connectivity index (χ1v) is 5.79. The van der Waals surface area contributed by atoms with Crippen molar-refractivity contribution in [3.63, 3.8) is 0 Å². The van der Waals surface area contributed by atoms with Gasteiger partial charge in [-0.2, -0.15) is 13.2 Å². The summed E-state index contributed by atoms with van der Waals surface area (Å²) < 4.78 is 37.1. The fourth-order valence-electron chi connectivity index (χ4n) is 1.79. The SMILES string of the molecule is FC(F)(F)c1ccc(C2CCCCN2)s1. The maximum absolute atomic E-state index is 12.4. The monoisotopic (exact) mass is 235 g/mol. The molecule has 2 rings (SSSR count). The van der Waals surface area contributed by atoms with E-state index in [-0.39, 0.29) is 6.04 Å². The van der Waals surface area contributed by atoms with E-state index in [1.165, 1.54) is 6.07 Å². The molecule has 1 nitrogen and oxygen atoms in total. The van der Waals surface area contributed by atoms with Gasteiger partial charge in [-0.3, -0.25) is 0 Å². The first-order chi connectivity index (χ1) is 7.07. The van der Waals surface area contributed by atoms with Crippen LogP contribution in [0.4, 0.5) is 13.2 Å². The lowest BCUT2D eigenvalue weighted by atomic mass is 10.0. The van der Waals surface area contributed by atoms with Crippen molar-refractivity contribution in [2.75, 3.05) is 6.54 Å². The third-order valence-corrected chi connectivity index (χ3v) is 3.80. The van der Waals surface area contributed by atoms with Crippen LogP contribution in [0, 0.1) is 0 Å². The molecule has 15 heavy (non-hydrogen) atoms. The lowest BCUT2D eigenvalue weighted by Crippen LogP contribution is -2.25. The molecule has 0 spiro atoms. The highest BCUT2D eigenvalue weighted by atomic mass is 32.1. The Hall–Kier alpha value is -0.550. The van der Waals surface area contributed by atoms with E-state index in [9.17, 15) is 13.2 Å². The van der Waals surface area contributed by atoms with Gasteiger partial charge in [-0.25, -0.2) is 0 Å². The van der Waals surface area contributed by atoms with Crippen molar-refractivity contribution >= 4 is 11.3 Å².